The topological polar surface area (TPSA) is 174 Å². The zero-order chi connectivity index (χ0) is 16.9. The molecule has 126 valence electrons. The largest absolute Gasteiger partial charge is 0.744 e. The lowest BCUT2D eigenvalue weighted by Gasteiger charge is -2.08. The minimum atomic E-state index is -4.70. The van der Waals surface area contributed by atoms with Crippen LogP contribution in [0.1, 0.15) is 10.4 Å². The van der Waals surface area contributed by atoms with Crippen LogP contribution >= 0.6 is 15.9 Å². The molecular weight excluding hydrogens is 394 g/mol. The van der Waals surface area contributed by atoms with E-state index in [4.69, 9.17) is 10.2 Å². The molecule has 0 aromatic heterocycles. The number of carbonyl (C=O) groups is 1. The van der Waals surface area contributed by atoms with Gasteiger partial charge in [0.1, 0.15) is 27.1 Å². The number of hydrogen-bond acceptors (Lipinski definition) is 5. The van der Waals surface area contributed by atoms with Crippen LogP contribution in [0.15, 0.2) is 51.8 Å². The Morgan fingerprint density at radius 3 is 2.04 bits per heavy atom. The van der Waals surface area contributed by atoms with Gasteiger partial charge in [-0.3, -0.25) is 0 Å². The summed E-state index contributed by atoms with van der Waals surface area (Å²) in [7, 11) is -4.70. The van der Waals surface area contributed by atoms with E-state index in [0.717, 1.165) is 22.3 Å². The summed E-state index contributed by atoms with van der Waals surface area (Å²) in [5.41, 5.74) is 4.17. The van der Waals surface area contributed by atoms with Crippen LogP contribution in [0.25, 0.3) is 0 Å². The number of rotatable bonds is 2. The van der Waals surface area contributed by atoms with E-state index in [1.165, 1.54) is 0 Å². The Morgan fingerprint density at radius 2 is 1.65 bits per heavy atom. The minimum absolute atomic E-state index is 0. The van der Waals surface area contributed by atoms with Crippen LogP contribution in [0.5, 0.6) is 5.75 Å². The van der Waals surface area contributed by atoms with Crippen LogP contribution in [0.2, 0.25) is 0 Å². The predicted octanol–water partition coefficient (Wildman–Crippen LogP) is 0.492. The number of aromatic hydroxyl groups is 1. The number of quaternary nitrogens is 1. The van der Waals surface area contributed by atoms with Crippen molar-refractivity contribution in [1.29, 1.82) is 0 Å². The van der Waals surface area contributed by atoms with E-state index in [2.05, 4.69) is 21.7 Å². The molecule has 0 aliphatic heterocycles. The molecule has 0 aliphatic rings. The summed E-state index contributed by atoms with van der Waals surface area (Å²) in [6, 6.07) is 10.2. The van der Waals surface area contributed by atoms with Gasteiger partial charge in [-0.05, 0) is 42.5 Å². The molecule has 10 heteroatoms. The van der Waals surface area contributed by atoms with Gasteiger partial charge in [-0.1, -0.05) is 15.9 Å². The zero-order valence-corrected chi connectivity index (χ0v) is 14.0. The highest BCUT2D eigenvalue weighted by Gasteiger charge is 2.12. The summed E-state index contributed by atoms with van der Waals surface area (Å²) in [6.07, 6.45) is 0. The standard InChI is InChI=1S/C7H6O6S.C6H6BrN.H2O/c8-6-2-1-4(14(11,12)13)3-5(6)7(9)10;7-5-1-3-6(8)4-2-5;/h1-3,8H,(H,9,10)(H,11,12,13);1-4H,8H2;1H2. The minimum Gasteiger partial charge on any atom is -0.744 e. The maximum Gasteiger partial charge on any atom is 0.339 e. The van der Waals surface area contributed by atoms with Crippen molar-refractivity contribution in [3.05, 3.63) is 52.5 Å². The zero-order valence-electron chi connectivity index (χ0n) is 11.6. The molecule has 2 aromatic carbocycles. The first-order valence-electron chi connectivity index (χ1n) is 5.71. The Kier molecular flexibility index (Phi) is 7.86. The molecule has 0 bridgehead atoms. The van der Waals surface area contributed by atoms with Gasteiger partial charge in [0.15, 0.2) is 0 Å². The molecule has 0 fully saturated rings. The molecule has 2 rings (SSSR count). The average molecular weight is 408 g/mol. The van der Waals surface area contributed by atoms with Crippen molar-refractivity contribution in [3.63, 3.8) is 0 Å². The van der Waals surface area contributed by atoms with Crippen LogP contribution in [0, 0.1) is 0 Å². The van der Waals surface area contributed by atoms with Crippen LogP contribution in [0.4, 0.5) is 5.69 Å². The monoisotopic (exact) mass is 407 g/mol. The highest BCUT2D eigenvalue weighted by molar-refractivity contribution is 9.10. The lowest BCUT2D eigenvalue weighted by molar-refractivity contribution is -0.254. The van der Waals surface area contributed by atoms with Crippen LogP contribution in [-0.2, 0) is 10.1 Å². The third-order valence-corrected chi connectivity index (χ3v) is 3.76. The Bertz CT molecular complexity index is 754. The number of hydrogen-bond donors (Lipinski definition) is 3. The number of phenols is 1. The van der Waals surface area contributed by atoms with E-state index >= 15 is 0 Å². The summed E-state index contributed by atoms with van der Waals surface area (Å²) < 4.78 is 32.6. The third-order valence-electron chi connectivity index (χ3n) is 2.40. The second kappa shape index (κ2) is 8.60. The summed E-state index contributed by atoms with van der Waals surface area (Å²) in [5.74, 6) is -2.10. The highest BCUT2D eigenvalue weighted by atomic mass is 79.9. The van der Waals surface area contributed by atoms with Crippen LogP contribution in [0.3, 0.4) is 0 Å². The molecule has 7 N–H and O–H groups in total. The molecular formula is C13H14BrNO7S. The maximum atomic E-state index is 10.5. The van der Waals surface area contributed by atoms with E-state index < -0.39 is 32.3 Å². The molecule has 0 heterocycles. The number of carboxylic acid groups (broad SMARTS) is 1. The summed E-state index contributed by atoms with van der Waals surface area (Å²) in [6.45, 7) is 0. The van der Waals surface area contributed by atoms with Gasteiger partial charge in [0.25, 0.3) is 0 Å². The van der Waals surface area contributed by atoms with Gasteiger partial charge in [0.05, 0.1) is 4.90 Å². The van der Waals surface area contributed by atoms with Crippen molar-refractivity contribution in [2.24, 2.45) is 0 Å². The number of carboxylic acids is 1. The Labute approximate surface area is 140 Å². The van der Waals surface area contributed by atoms with E-state index in [-0.39, 0.29) is 5.48 Å². The smallest absolute Gasteiger partial charge is 0.339 e. The summed E-state index contributed by atoms with van der Waals surface area (Å²) >= 11 is 3.32. The lowest BCUT2D eigenvalue weighted by Crippen LogP contribution is -2.39. The van der Waals surface area contributed by atoms with Crippen molar-refractivity contribution in [2.45, 2.75) is 4.90 Å². The first-order chi connectivity index (χ1) is 10.1. The molecule has 0 aliphatic carbocycles. The van der Waals surface area contributed by atoms with Gasteiger partial charge in [-0.2, -0.15) is 0 Å². The third kappa shape index (κ3) is 6.76. The predicted molar refractivity (Wildman–Crippen MR) is 83.3 cm³/mol. The molecule has 23 heavy (non-hydrogen) atoms. The molecule has 0 saturated heterocycles. The van der Waals surface area contributed by atoms with Crippen molar-refractivity contribution in [2.75, 3.05) is 0 Å². The van der Waals surface area contributed by atoms with Crippen LogP contribution < -0.4 is 5.73 Å². The number of halogens is 1. The Morgan fingerprint density at radius 1 is 1.13 bits per heavy atom. The van der Waals surface area contributed by atoms with E-state index in [9.17, 15) is 17.8 Å². The molecule has 0 radical (unpaired) electrons. The summed E-state index contributed by atoms with van der Waals surface area (Å²) in [5, 5.41) is 17.5. The van der Waals surface area contributed by atoms with E-state index in [1.807, 2.05) is 24.3 Å². The molecule has 0 spiro atoms. The van der Waals surface area contributed by atoms with Gasteiger partial charge in [-0.15, -0.1) is 0 Å². The Balaban J connectivity index is 0.000000460. The second-order valence-electron chi connectivity index (χ2n) is 4.06. The first-order valence-corrected chi connectivity index (χ1v) is 7.91. The molecule has 0 saturated carbocycles. The highest BCUT2D eigenvalue weighted by Crippen LogP contribution is 2.20. The molecule has 0 atom stereocenters. The van der Waals surface area contributed by atoms with Gasteiger partial charge in [0.2, 0.25) is 0 Å². The fraction of sp³-hybridized carbons (Fsp3) is 0. The molecule has 0 unspecified atom stereocenters. The number of aromatic carboxylic acids is 1. The summed E-state index contributed by atoms with van der Waals surface area (Å²) in [4.78, 5) is 9.76. The fourth-order valence-electron chi connectivity index (χ4n) is 1.33. The van der Waals surface area contributed by atoms with Crippen LogP contribution in [-0.4, -0.2) is 34.6 Å². The molecule has 8 nitrogen and oxygen atoms in total. The molecule has 2 aromatic rings. The number of benzene rings is 2. The average Bonchev–Trinajstić information content (AvgIpc) is 2.41. The second-order valence-corrected chi connectivity index (χ2v) is 6.36. The SMILES string of the molecule is O.O=C(O)c1cc(S(=O)(=O)[O-])ccc1O.[NH3+]c1ccc(Br)cc1. The van der Waals surface area contributed by atoms with E-state index in [1.54, 1.807) is 0 Å². The first kappa shape index (κ1) is 21.0. The maximum absolute atomic E-state index is 10.5. The Hall–Kier alpha value is -1.98. The lowest BCUT2D eigenvalue weighted by atomic mass is 10.2. The van der Waals surface area contributed by atoms with Gasteiger partial charge in [-0.25, -0.2) is 13.2 Å². The quantitative estimate of drug-likeness (QED) is 0.610. The molecule has 0 amide bonds. The van der Waals surface area contributed by atoms with Crippen molar-refractivity contribution in [1.82, 2.24) is 0 Å². The van der Waals surface area contributed by atoms with Gasteiger partial charge < -0.3 is 26.0 Å². The van der Waals surface area contributed by atoms with Crippen molar-refractivity contribution < 1.29 is 39.2 Å². The van der Waals surface area contributed by atoms with Crippen molar-refractivity contribution in [3.8, 4) is 5.75 Å². The van der Waals surface area contributed by atoms with Crippen molar-refractivity contribution >= 4 is 37.7 Å². The van der Waals surface area contributed by atoms with Gasteiger partial charge in [0, 0.05) is 4.47 Å². The van der Waals surface area contributed by atoms with E-state index in [0.29, 0.717) is 6.07 Å². The normalized spacial score (nSPS) is 10.0. The fourth-order valence-corrected chi connectivity index (χ4v) is 2.09. The van der Waals surface area contributed by atoms with Gasteiger partial charge >= 0.3 is 5.97 Å².